The summed E-state index contributed by atoms with van der Waals surface area (Å²) in [5.74, 6) is 0.639. The third-order valence-corrected chi connectivity index (χ3v) is 8.34. The van der Waals surface area contributed by atoms with Crippen LogP contribution in [0.25, 0.3) is 5.57 Å². The largest absolute Gasteiger partial charge is 0.465 e. The minimum absolute atomic E-state index is 0.0600. The van der Waals surface area contributed by atoms with Crippen LogP contribution in [0.1, 0.15) is 92.1 Å². The van der Waals surface area contributed by atoms with E-state index in [9.17, 15) is 9.59 Å². The van der Waals surface area contributed by atoms with E-state index in [-0.39, 0.29) is 23.8 Å². The van der Waals surface area contributed by atoms with E-state index in [0.29, 0.717) is 10.8 Å². The molecule has 3 aliphatic carbocycles. The first-order chi connectivity index (χ1) is 15.1. The first kappa shape index (κ1) is 22.3. The summed E-state index contributed by atoms with van der Waals surface area (Å²) >= 11 is 1.50. The summed E-state index contributed by atoms with van der Waals surface area (Å²) in [4.78, 5) is 30.4. The number of ether oxygens (including phenoxy) is 1. The summed E-state index contributed by atoms with van der Waals surface area (Å²) in [7, 11) is 1.43. The lowest BCUT2D eigenvalue weighted by atomic mass is 9.81. The number of carbonyl (C=O) groups is 2. The molecule has 3 aliphatic rings. The Kier molecular flexibility index (Phi) is 7.31. The van der Waals surface area contributed by atoms with E-state index in [1.165, 1.54) is 36.9 Å². The number of allylic oxidation sites excluding steroid dienone is 3. The SMILES string of the molecule is COC(=O)c1sc(C2=CCCCC2)cc1N(C(=O)C1CCC(C)CC1)C1CC=CCC1. The molecule has 1 fully saturated rings. The van der Waals surface area contributed by atoms with E-state index in [4.69, 9.17) is 4.74 Å². The van der Waals surface area contributed by atoms with Gasteiger partial charge in [-0.15, -0.1) is 11.3 Å². The number of nitrogens with zero attached hydrogens (tertiary/aromatic N) is 1. The first-order valence-electron chi connectivity index (χ1n) is 12.0. The van der Waals surface area contributed by atoms with Crippen LogP contribution >= 0.6 is 11.3 Å². The number of carbonyl (C=O) groups excluding carboxylic acids is 2. The minimum atomic E-state index is -0.330. The van der Waals surface area contributed by atoms with Crippen molar-refractivity contribution in [2.75, 3.05) is 12.0 Å². The predicted molar refractivity (Wildman–Crippen MR) is 127 cm³/mol. The average Bonchev–Trinajstić information content (AvgIpc) is 3.25. The number of hydrogen-bond acceptors (Lipinski definition) is 4. The summed E-state index contributed by atoms with van der Waals surface area (Å²) in [5, 5.41) is 0. The van der Waals surface area contributed by atoms with E-state index in [0.717, 1.165) is 68.4 Å². The second-order valence-electron chi connectivity index (χ2n) is 9.40. The van der Waals surface area contributed by atoms with E-state index in [1.807, 2.05) is 4.90 Å². The number of hydrogen-bond donors (Lipinski definition) is 0. The maximum absolute atomic E-state index is 13.9. The molecule has 31 heavy (non-hydrogen) atoms. The third-order valence-electron chi connectivity index (χ3n) is 7.16. The molecule has 1 aromatic heterocycles. The molecule has 1 saturated carbocycles. The van der Waals surface area contributed by atoms with Crippen LogP contribution in [0.4, 0.5) is 5.69 Å². The lowest BCUT2D eigenvalue weighted by molar-refractivity contribution is -0.124. The van der Waals surface area contributed by atoms with Gasteiger partial charge in [-0.05, 0) is 88.2 Å². The fraction of sp³-hybridized carbons (Fsp3) is 0.615. The highest BCUT2D eigenvalue weighted by atomic mass is 32.1. The molecule has 0 aliphatic heterocycles. The van der Waals surface area contributed by atoms with Gasteiger partial charge in [0.2, 0.25) is 5.91 Å². The monoisotopic (exact) mass is 441 g/mol. The Morgan fingerprint density at radius 2 is 1.87 bits per heavy atom. The second kappa shape index (κ2) is 10.2. The molecule has 1 aromatic rings. The van der Waals surface area contributed by atoms with Gasteiger partial charge in [-0.25, -0.2) is 4.79 Å². The van der Waals surface area contributed by atoms with Gasteiger partial charge >= 0.3 is 5.97 Å². The number of rotatable bonds is 5. The Bertz CT molecular complexity index is 860. The molecule has 1 amide bonds. The van der Waals surface area contributed by atoms with Gasteiger partial charge in [-0.3, -0.25) is 4.79 Å². The summed E-state index contributed by atoms with van der Waals surface area (Å²) in [5.41, 5.74) is 2.09. The van der Waals surface area contributed by atoms with Gasteiger partial charge in [-0.2, -0.15) is 0 Å². The molecule has 1 heterocycles. The highest BCUT2D eigenvalue weighted by Crippen LogP contribution is 2.41. The van der Waals surface area contributed by atoms with Crippen LogP contribution in [0.15, 0.2) is 24.3 Å². The molecule has 1 atom stereocenters. The van der Waals surface area contributed by atoms with Crippen molar-refractivity contribution in [1.29, 1.82) is 0 Å². The Balaban J connectivity index is 1.73. The standard InChI is InChI=1S/C26H35NO3S/c1-18-13-15-20(16-14-18)25(28)27(21-11-7-4-8-12-21)22-17-23(19-9-5-3-6-10-19)31-24(22)26(29)30-2/h4,7,9,17-18,20-21H,3,5-6,8,10-16H2,1-2H3. The van der Waals surface area contributed by atoms with Crippen LogP contribution in [0.2, 0.25) is 0 Å². The zero-order valence-electron chi connectivity index (χ0n) is 18.9. The van der Waals surface area contributed by atoms with Crippen molar-refractivity contribution >= 4 is 34.5 Å². The van der Waals surface area contributed by atoms with E-state index < -0.39 is 0 Å². The van der Waals surface area contributed by atoms with E-state index >= 15 is 0 Å². The summed E-state index contributed by atoms with van der Waals surface area (Å²) in [6.07, 6.45) is 18.1. The molecule has 0 aromatic carbocycles. The second-order valence-corrected chi connectivity index (χ2v) is 10.4. The van der Waals surface area contributed by atoms with Crippen molar-refractivity contribution < 1.29 is 14.3 Å². The van der Waals surface area contributed by atoms with Gasteiger partial charge in [0.05, 0.1) is 12.8 Å². The quantitative estimate of drug-likeness (QED) is 0.374. The topological polar surface area (TPSA) is 46.6 Å². The number of anilines is 1. The van der Waals surface area contributed by atoms with Gasteiger partial charge in [0, 0.05) is 16.8 Å². The van der Waals surface area contributed by atoms with Gasteiger partial charge in [-0.1, -0.05) is 25.2 Å². The number of esters is 1. The van der Waals surface area contributed by atoms with Crippen molar-refractivity contribution in [3.8, 4) is 0 Å². The average molecular weight is 442 g/mol. The van der Waals surface area contributed by atoms with Crippen LogP contribution in [0, 0.1) is 11.8 Å². The number of amides is 1. The normalized spacial score (nSPS) is 26.3. The molecule has 0 N–H and O–H groups in total. The molecule has 168 valence electrons. The number of thiophene rings is 1. The fourth-order valence-electron chi connectivity index (χ4n) is 5.23. The predicted octanol–water partition coefficient (Wildman–Crippen LogP) is 6.76. The van der Waals surface area contributed by atoms with E-state index in [1.54, 1.807) is 0 Å². The zero-order valence-corrected chi connectivity index (χ0v) is 19.7. The van der Waals surface area contributed by atoms with Crippen LogP contribution in [0.3, 0.4) is 0 Å². The van der Waals surface area contributed by atoms with Gasteiger partial charge in [0.15, 0.2) is 0 Å². The smallest absolute Gasteiger partial charge is 0.350 e. The molecular formula is C26H35NO3S. The maximum atomic E-state index is 13.9. The first-order valence-corrected chi connectivity index (χ1v) is 12.8. The summed E-state index contributed by atoms with van der Waals surface area (Å²) < 4.78 is 5.15. The Labute approximate surface area is 190 Å². The Morgan fingerprint density at radius 1 is 1.06 bits per heavy atom. The molecule has 0 saturated heterocycles. The molecule has 4 rings (SSSR count). The Hall–Kier alpha value is -1.88. The highest BCUT2D eigenvalue weighted by Gasteiger charge is 2.36. The highest BCUT2D eigenvalue weighted by molar-refractivity contribution is 7.15. The molecule has 0 bridgehead atoms. The molecular weight excluding hydrogens is 406 g/mol. The lowest BCUT2D eigenvalue weighted by Crippen LogP contribution is -2.45. The van der Waals surface area contributed by atoms with E-state index in [2.05, 4.69) is 31.2 Å². The van der Waals surface area contributed by atoms with Gasteiger partial charge in [0.25, 0.3) is 0 Å². The van der Waals surface area contributed by atoms with Crippen LogP contribution in [-0.4, -0.2) is 25.0 Å². The number of methoxy groups -OCH3 is 1. The molecule has 1 unspecified atom stereocenters. The molecule has 0 spiro atoms. The zero-order chi connectivity index (χ0) is 21.8. The fourth-order valence-corrected chi connectivity index (χ4v) is 6.37. The maximum Gasteiger partial charge on any atom is 0.350 e. The van der Waals surface area contributed by atoms with Crippen molar-refractivity contribution in [3.63, 3.8) is 0 Å². The molecule has 0 radical (unpaired) electrons. The van der Waals surface area contributed by atoms with Crippen LogP contribution in [0.5, 0.6) is 0 Å². The molecule has 5 heteroatoms. The lowest BCUT2D eigenvalue weighted by Gasteiger charge is -2.37. The summed E-state index contributed by atoms with van der Waals surface area (Å²) in [6, 6.07) is 2.22. The Morgan fingerprint density at radius 3 is 2.52 bits per heavy atom. The van der Waals surface area contributed by atoms with Gasteiger partial charge in [0.1, 0.15) is 4.88 Å². The summed E-state index contributed by atoms with van der Waals surface area (Å²) in [6.45, 7) is 2.28. The van der Waals surface area contributed by atoms with Crippen LogP contribution < -0.4 is 4.90 Å². The van der Waals surface area contributed by atoms with Crippen LogP contribution in [-0.2, 0) is 9.53 Å². The molecule has 4 nitrogen and oxygen atoms in total. The van der Waals surface area contributed by atoms with Gasteiger partial charge < -0.3 is 9.64 Å². The van der Waals surface area contributed by atoms with Crippen molar-refractivity contribution in [2.45, 2.75) is 83.6 Å². The third kappa shape index (κ3) is 4.97. The van der Waals surface area contributed by atoms with Crippen molar-refractivity contribution in [1.82, 2.24) is 0 Å². The van der Waals surface area contributed by atoms with Crippen molar-refractivity contribution in [2.24, 2.45) is 11.8 Å². The minimum Gasteiger partial charge on any atom is -0.465 e. The van der Waals surface area contributed by atoms with Crippen molar-refractivity contribution in [3.05, 3.63) is 34.0 Å².